The molecule has 148 valence electrons. The van der Waals surface area contributed by atoms with Crippen molar-refractivity contribution in [2.24, 2.45) is 0 Å². The molecule has 0 bridgehead atoms. The molecule has 0 spiro atoms. The third kappa shape index (κ3) is 3.59. The fraction of sp³-hybridized carbons (Fsp3) is 0.375. The summed E-state index contributed by atoms with van der Waals surface area (Å²) in [5, 5.41) is 0. The van der Waals surface area contributed by atoms with E-state index in [0.29, 0.717) is 6.07 Å². The Morgan fingerprint density at radius 1 is 1.37 bits per heavy atom. The van der Waals surface area contributed by atoms with Gasteiger partial charge >= 0.3 is 0 Å². The number of anilines is 1. The molecule has 1 aliphatic rings. The molecule has 0 saturated heterocycles. The first kappa shape index (κ1) is 16.4. The fourth-order valence-corrected chi connectivity index (χ4v) is 4.62. The van der Waals surface area contributed by atoms with Gasteiger partial charge < -0.3 is 9.72 Å². The molecule has 1 atom stereocenters. The van der Waals surface area contributed by atoms with E-state index in [9.17, 15) is 26.0 Å². The van der Waals surface area contributed by atoms with Crippen molar-refractivity contribution in [1.29, 1.82) is 0 Å². The van der Waals surface area contributed by atoms with Crippen LogP contribution in [0.15, 0.2) is 27.7 Å². The number of hydrogen-bond acceptors (Lipinski definition) is 3. The quantitative estimate of drug-likeness (QED) is 0.509. The predicted molar refractivity (Wildman–Crippen MR) is 93.4 cm³/mol. The molecule has 5 nitrogen and oxygen atoms in total. The fourth-order valence-electron chi connectivity index (χ4n) is 2.99. The molecule has 0 aliphatic heterocycles. The van der Waals surface area contributed by atoms with E-state index in [1.54, 1.807) is 0 Å². The molecule has 1 heterocycles. The van der Waals surface area contributed by atoms with Crippen LogP contribution in [-0.2, 0) is 27.6 Å². The summed E-state index contributed by atoms with van der Waals surface area (Å²) < 4.78 is 108. The molecule has 0 saturated carbocycles. The van der Waals surface area contributed by atoms with Crippen molar-refractivity contribution >= 4 is 31.6 Å². The summed E-state index contributed by atoms with van der Waals surface area (Å²) >= 11 is 2.78. The lowest BCUT2D eigenvalue weighted by Crippen LogP contribution is -2.44. The van der Waals surface area contributed by atoms with Gasteiger partial charge in [-0.05, 0) is 40.4 Å². The van der Waals surface area contributed by atoms with Gasteiger partial charge in [-0.3, -0.25) is 4.72 Å². The van der Waals surface area contributed by atoms with Crippen LogP contribution >= 0.6 is 15.9 Å². The number of H-pyrrole nitrogens is 1. The molecule has 0 fully saturated rings. The average molecular weight is 474 g/mol. The molecule has 0 amide bonds. The number of ether oxygens (including phenoxy) is 1. The highest BCUT2D eigenvalue weighted by molar-refractivity contribution is 9.10. The molecule has 1 aromatic heterocycles. The van der Waals surface area contributed by atoms with Gasteiger partial charge in [0.2, 0.25) is 0 Å². The van der Waals surface area contributed by atoms with Crippen LogP contribution in [0.1, 0.15) is 21.8 Å². The van der Waals surface area contributed by atoms with E-state index in [-0.39, 0.29) is 27.0 Å². The first-order valence-corrected chi connectivity index (χ1v) is 9.86. The van der Waals surface area contributed by atoms with E-state index >= 15 is 0 Å². The van der Waals surface area contributed by atoms with Gasteiger partial charge in [0.15, 0.2) is 0 Å². The standard InChI is InChI=1S/C16H15BrF4N2O3S/c1-26-16(15(20)21)3-2-8-13(6-16)22-7-14(8)27(24,25)23-12-5-10(18)9(17)4-11(12)19/h4-5,7,15,22-23H,2-3,6H2,1H3/t16-/m0/s1/i1D3. The number of alkyl halides is 2. The first-order valence-electron chi connectivity index (χ1n) is 9.09. The Labute approximate surface area is 165 Å². The molecule has 27 heavy (non-hydrogen) atoms. The lowest BCUT2D eigenvalue weighted by atomic mass is 9.84. The van der Waals surface area contributed by atoms with Crippen LogP contribution in [0.3, 0.4) is 0 Å². The number of methoxy groups -OCH3 is 1. The van der Waals surface area contributed by atoms with Crippen molar-refractivity contribution in [3.8, 4) is 0 Å². The van der Waals surface area contributed by atoms with Crippen LogP contribution in [0, 0.1) is 11.6 Å². The van der Waals surface area contributed by atoms with Crippen molar-refractivity contribution in [2.75, 3.05) is 11.8 Å². The van der Waals surface area contributed by atoms with E-state index < -0.39 is 59.3 Å². The zero-order chi connectivity index (χ0) is 22.5. The van der Waals surface area contributed by atoms with E-state index in [2.05, 4.69) is 25.7 Å². The molecule has 3 rings (SSSR count). The SMILES string of the molecule is [2H]C([2H])([2H])O[C@@]1(C(F)F)CCc2c(S(=O)(=O)Nc3cc(F)c(Br)cc3F)c[nH]c2C1. The molecule has 1 aliphatic carbocycles. The molecular weight excluding hydrogens is 456 g/mol. The molecular formula is C16H15BrF4N2O3S. The Morgan fingerprint density at radius 2 is 2.11 bits per heavy atom. The normalized spacial score (nSPS) is 22.1. The van der Waals surface area contributed by atoms with Crippen LogP contribution in [0.2, 0.25) is 0 Å². The number of fused-ring (bicyclic) bond motifs is 1. The molecule has 0 unspecified atom stereocenters. The van der Waals surface area contributed by atoms with Gasteiger partial charge in [-0.1, -0.05) is 0 Å². The second-order valence-corrected chi connectivity index (χ2v) is 8.61. The van der Waals surface area contributed by atoms with Crippen LogP contribution in [-0.4, -0.2) is 32.5 Å². The van der Waals surface area contributed by atoms with Gasteiger partial charge in [-0.15, -0.1) is 0 Å². The highest BCUT2D eigenvalue weighted by Crippen LogP contribution is 2.38. The van der Waals surface area contributed by atoms with Gasteiger partial charge in [0.05, 0.1) is 14.3 Å². The van der Waals surface area contributed by atoms with Crippen molar-refractivity contribution in [3.63, 3.8) is 0 Å². The van der Waals surface area contributed by atoms with Crippen molar-refractivity contribution in [2.45, 2.75) is 36.2 Å². The summed E-state index contributed by atoms with van der Waals surface area (Å²) in [5.74, 6) is -1.92. The van der Waals surface area contributed by atoms with E-state index in [0.717, 1.165) is 12.3 Å². The molecule has 0 radical (unpaired) electrons. The lowest BCUT2D eigenvalue weighted by molar-refractivity contribution is -0.128. The minimum absolute atomic E-state index is 0.0635. The second-order valence-electron chi connectivity index (χ2n) is 6.11. The topological polar surface area (TPSA) is 71.2 Å². The third-order valence-electron chi connectivity index (χ3n) is 4.46. The summed E-state index contributed by atoms with van der Waals surface area (Å²) in [6, 6.07) is 1.41. The number of benzene rings is 1. The van der Waals surface area contributed by atoms with Crippen molar-refractivity contribution in [3.05, 3.63) is 45.7 Å². The highest BCUT2D eigenvalue weighted by atomic mass is 79.9. The second kappa shape index (κ2) is 7.10. The number of halogens is 5. The van der Waals surface area contributed by atoms with Gasteiger partial charge in [0.1, 0.15) is 22.1 Å². The largest absolute Gasteiger partial charge is 0.372 e. The summed E-state index contributed by atoms with van der Waals surface area (Å²) in [5.41, 5.74) is -2.73. The lowest BCUT2D eigenvalue weighted by Gasteiger charge is -2.35. The van der Waals surface area contributed by atoms with Crippen LogP contribution in [0.25, 0.3) is 0 Å². The van der Waals surface area contributed by atoms with Crippen molar-refractivity contribution in [1.82, 2.24) is 4.98 Å². The summed E-state index contributed by atoms with van der Waals surface area (Å²) in [6.07, 6.45) is -3.34. The van der Waals surface area contributed by atoms with Gasteiger partial charge in [0.25, 0.3) is 16.4 Å². The number of sulfonamides is 1. The van der Waals surface area contributed by atoms with Crippen LogP contribution in [0.5, 0.6) is 0 Å². The Morgan fingerprint density at radius 3 is 2.78 bits per heavy atom. The van der Waals surface area contributed by atoms with Gasteiger partial charge in [-0.2, -0.15) is 0 Å². The number of aromatic nitrogens is 1. The highest BCUT2D eigenvalue weighted by Gasteiger charge is 2.45. The Balaban J connectivity index is 1.93. The number of aromatic amines is 1. The smallest absolute Gasteiger partial charge is 0.267 e. The minimum atomic E-state index is -4.40. The molecule has 2 N–H and O–H groups in total. The van der Waals surface area contributed by atoms with Gasteiger partial charge in [0, 0.05) is 31.4 Å². The Bertz CT molecular complexity index is 1080. The van der Waals surface area contributed by atoms with Crippen molar-refractivity contribution < 1.29 is 34.8 Å². The molecule has 1 aromatic carbocycles. The summed E-state index contributed by atoms with van der Waals surface area (Å²) in [6.45, 7) is 0. The predicted octanol–water partition coefficient (Wildman–Crippen LogP) is 4.00. The van der Waals surface area contributed by atoms with Crippen LogP contribution < -0.4 is 4.72 Å². The number of rotatable bonds is 5. The number of hydrogen-bond donors (Lipinski definition) is 2. The van der Waals surface area contributed by atoms with E-state index in [4.69, 9.17) is 4.11 Å². The maximum absolute atomic E-state index is 14.0. The van der Waals surface area contributed by atoms with Crippen LogP contribution in [0.4, 0.5) is 23.2 Å². The van der Waals surface area contributed by atoms with Gasteiger partial charge in [-0.25, -0.2) is 26.0 Å². The van der Waals surface area contributed by atoms with E-state index in [1.807, 2.05) is 4.72 Å². The zero-order valence-electron chi connectivity index (χ0n) is 16.5. The third-order valence-corrected chi connectivity index (χ3v) is 6.50. The monoisotopic (exact) mass is 473 g/mol. The Hall–Kier alpha value is -1.59. The average Bonchev–Trinajstić information content (AvgIpc) is 3.01. The zero-order valence-corrected chi connectivity index (χ0v) is 15.9. The summed E-state index contributed by atoms with van der Waals surface area (Å²) in [7, 11) is -7.47. The van der Waals surface area contributed by atoms with E-state index in [1.165, 1.54) is 0 Å². The molecule has 2 aromatic rings. The number of nitrogens with one attached hydrogen (secondary N) is 2. The summed E-state index contributed by atoms with van der Waals surface area (Å²) in [4.78, 5) is 2.22. The Kier molecular flexibility index (Phi) is 4.30. The maximum atomic E-state index is 14.0. The maximum Gasteiger partial charge on any atom is 0.267 e. The first-order chi connectivity index (χ1) is 13.7. The minimum Gasteiger partial charge on any atom is -0.372 e. The molecule has 11 heteroatoms.